The SMILES string of the molecule is COc1c(-c2ccoc2)ccc(CS(=N)(=O)c2ccccc2)c1C(=O)O. The van der Waals surface area contributed by atoms with E-state index in [4.69, 9.17) is 13.9 Å². The highest BCUT2D eigenvalue weighted by molar-refractivity contribution is 7.91. The molecule has 2 N–H and O–H groups in total. The molecule has 0 amide bonds. The lowest BCUT2D eigenvalue weighted by molar-refractivity contribution is 0.0692. The zero-order valence-electron chi connectivity index (χ0n) is 14.0. The fourth-order valence-electron chi connectivity index (χ4n) is 2.78. The number of nitrogens with one attached hydrogen (secondary N) is 1. The molecule has 2 aromatic carbocycles. The van der Waals surface area contributed by atoms with E-state index in [0.717, 1.165) is 0 Å². The van der Waals surface area contributed by atoms with E-state index in [1.807, 2.05) is 0 Å². The average molecular weight is 371 g/mol. The molecule has 3 rings (SSSR count). The summed E-state index contributed by atoms with van der Waals surface area (Å²) in [5.74, 6) is -1.27. The van der Waals surface area contributed by atoms with Gasteiger partial charge in [-0.2, -0.15) is 0 Å². The molecule has 0 radical (unpaired) electrons. The van der Waals surface area contributed by atoms with Crippen LogP contribution in [0.3, 0.4) is 0 Å². The van der Waals surface area contributed by atoms with Crippen molar-refractivity contribution in [3.63, 3.8) is 0 Å². The van der Waals surface area contributed by atoms with Gasteiger partial charge < -0.3 is 14.3 Å². The Morgan fingerprint density at radius 1 is 1.19 bits per heavy atom. The minimum Gasteiger partial charge on any atom is -0.495 e. The van der Waals surface area contributed by atoms with Crippen LogP contribution in [0.2, 0.25) is 0 Å². The zero-order chi connectivity index (χ0) is 18.7. The van der Waals surface area contributed by atoms with Gasteiger partial charge in [0.1, 0.15) is 11.3 Å². The van der Waals surface area contributed by atoms with Crippen molar-refractivity contribution in [2.45, 2.75) is 10.6 Å². The van der Waals surface area contributed by atoms with Crippen molar-refractivity contribution in [1.29, 1.82) is 4.78 Å². The number of carboxylic acids is 1. The maximum absolute atomic E-state index is 12.9. The third-order valence-corrected chi connectivity index (χ3v) is 5.73. The van der Waals surface area contributed by atoms with E-state index in [1.165, 1.54) is 19.6 Å². The van der Waals surface area contributed by atoms with Gasteiger partial charge in [0.25, 0.3) is 0 Å². The smallest absolute Gasteiger partial charge is 0.339 e. The van der Waals surface area contributed by atoms with E-state index in [9.17, 15) is 14.1 Å². The number of rotatable bonds is 6. The monoisotopic (exact) mass is 371 g/mol. The van der Waals surface area contributed by atoms with Gasteiger partial charge in [-0.25, -0.2) is 13.8 Å². The molecule has 0 aliphatic carbocycles. The van der Waals surface area contributed by atoms with Crippen molar-refractivity contribution < 1.29 is 23.3 Å². The number of furan rings is 1. The highest BCUT2D eigenvalue weighted by Crippen LogP contribution is 2.36. The lowest BCUT2D eigenvalue weighted by atomic mass is 9.99. The predicted octanol–water partition coefficient (Wildman–Crippen LogP) is 4.26. The Morgan fingerprint density at radius 2 is 1.92 bits per heavy atom. The summed E-state index contributed by atoms with van der Waals surface area (Å²) in [7, 11) is -1.82. The van der Waals surface area contributed by atoms with Crippen LogP contribution in [0, 0.1) is 4.78 Å². The Morgan fingerprint density at radius 3 is 2.50 bits per heavy atom. The molecular weight excluding hydrogens is 354 g/mol. The van der Waals surface area contributed by atoms with Crippen molar-refractivity contribution in [3.8, 4) is 16.9 Å². The molecule has 134 valence electrons. The minimum absolute atomic E-state index is 0.0953. The Hall–Kier alpha value is -3.06. The number of ether oxygens (including phenoxy) is 1. The van der Waals surface area contributed by atoms with Crippen LogP contribution in [0.1, 0.15) is 15.9 Å². The molecule has 7 heteroatoms. The number of carbonyl (C=O) groups is 1. The molecule has 6 nitrogen and oxygen atoms in total. The van der Waals surface area contributed by atoms with E-state index < -0.39 is 15.7 Å². The van der Waals surface area contributed by atoms with E-state index in [0.29, 0.717) is 16.0 Å². The maximum atomic E-state index is 12.9. The van der Waals surface area contributed by atoms with Gasteiger partial charge in [0, 0.05) is 16.0 Å². The molecule has 1 atom stereocenters. The topological polar surface area (TPSA) is 101 Å². The van der Waals surface area contributed by atoms with E-state index in [1.54, 1.807) is 48.5 Å². The molecule has 1 unspecified atom stereocenters. The van der Waals surface area contributed by atoms with Gasteiger partial charge >= 0.3 is 5.97 Å². The quantitative estimate of drug-likeness (QED) is 0.674. The average Bonchev–Trinajstić information content (AvgIpc) is 3.15. The molecule has 0 aliphatic rings. The summed E-state index contributed by atoms with van der Waals surface area (Å²) in [6.45, 7) is 0. The molecule has 26 heavy (non-hydrogen) atoms. The summed E-state index contributed by atoms with van der Waals surface area (Å²) < 4.78 is 31.5. The van der Waals surface area contributed by atoms with Gasteiger partial charge in [0.05, 0.1) is 35.1 Å². The van der Waals surface area contributed by atoms with Crippen LogP contribution in [0.4, 0.5) is 0 Å². The van der Waals surface area contributed by atoms with Gasteiger partial charge in [0.2, 0.25) is 0 Å². The van der Waals surface area contributed by atoms with Crippen molar-refractivity contribution in [2.24, 2.45) is 0 Å². The zero-order valence-corrected chi connectivity index (χ0v) is 14.8. The molecule has 0 spiro atoms. The highest BCUT2D eigenvalue weighted by Gasteiger charge is 2.24. The molecule has 3 aromatic rings. The second-order valence-electron chi connectivity index (χ2n) is 5.63. The van der Waals surface area contributed by atoms with Crippen molar-refractivity contribution in [3.05, 3.63) is 72.2 Å². The van der Waals surface area contributed by atoms with Gasteiger partial charge in [-0.3, -0.25) is 0 Å². The summed E-state index contributed by atoms with van der Waals surface area (Å²) in [6.07, 6.45) is 2.97. The Bertz CT molecular complexity index is 1030. The molecular formula is C19H17NO5S. The Balaban J connectivity index is 2.12. The number of carboxylic acid groups (broad SMARTS) is 1. The lowest BCUT2D eigenvalue weighted by Crippen LogP contribution is -2.11. The van der Waals surface area contributed by atoms with Gasteiger partial charge in [0.15, 0.2) is 0 Å². The summed E-state index contributed by atoms with van der Waals surface area (Å²) in [6, 6.07) is 13.3. The molecule has 0 fully saturated rings. The maximum Gasteiger partial charge on any atom is 0.339 e. The lowest BCUT2D eigenvalue weighted by Gasteiger charge is -2.16. The van der Waals surface area contributed by atoms with Crippen LogP contribution in [-0.4, -0.2) is 22.4 Å². The number of methoxy groups -OCH3 is 1. The second-order valence-corrected chi connectivity index (χ2v) is 7.74. The molecule has 1 aromatic heterocycles. The van der Waals surface area contributed by atoms with Crippen molar-refractivity contribution in [2.75, 3.05) is 7.11 Å². The van der Waals surface area contributed by atoms with Crippen LogP contribution < -0.4 is 4.74 Å². The van der Waals surface area contributed by atoms with Crippen molar-refractivity contribution >= 4 is 15.7 Å². The number of hydrogen-bond donors (Lipinski definition) is 2. The fourth-order valence-corrected chi connectivity index (χ4v) is 4.22. The van der Waals surface area contributed by atoms with Crippen LogP contribution >= 0.6 is 0 Å². The first-order chi connectivity index (χ1) is 12.4. The van der Waals surface area contributed by atoms with Crippen molar-refractivity contribution in [1.82, 2.24) is 0 Å². The van der Waals surface area contributed by atoms with E-state index >= 15 is 0 Å². The van der Waals surface area contributed by atoms with Gasteiger partial charge in [-0.05, 0) is 23.8 Å². The first kappa shape index (κ1) is 17.8. The third kappa shape index (κ3) is 3.34. The normalized spacial score (nSPS) is 13.1. The van der Waals surface area contributed by atoms with E-state index in [-0.39, 0.29) is 22.6 Å². The Labute approximate surface area is 151 Å². The predicted molar refractivity (Wildman–Crippen MR) is 96.9 cm³/mol. The van der Waals surface area contributed by atoms with Crippen LogP contribution in [-0.2, 0) is 15.5 Å². The number of benzene rings is 2. The minimum atomic E-state index is -3.20. The highest BCUT2D eigenvalue weighted by atomic mass is 32.2. The van der Waals surface area contributed by atoms with E-state index in [2.05, 4.69) is 0 Å². The first-order valence-corrected chi connectivity index (χ1v) is 9.44. The third-order valence-electron chi connectivity index (χ3n) is 3.98. The summed E-state index contributed by atoms with van der Waals surface area (Å²) in [4.78, 5) is 12.2. The summed E-state index contributed by atoms with van der Waals surface area (Å²) >= 11 is 0. The number of aromatic carboxylic acids is 1. The standard InChI is InChI=1S/C19H17NO5S/c1-24-18-16(13-9-10-25-11-13)8-7-14(17(18)19(21)22)12-26(20,23)15-5-3-2-4-6-15/h2-11,20H,12H2,1H3,(H,21,22). The van der Waals surface area contributed by atoms with Gasteiger partial charge in [-0.15, -0.1) is 0 Å². The fraction of sp³-hybridized carbons (Fsp3) is 0.105. The largest absolute Gasteiger partial charge is 0.495 e. The summed E-state index contributed by atoms with van der Waals surface area (Å²) in [5.41, 5.74) is 1.41. The Kier molecular flexibility index (Phi) is 4.81. The number of hydrogen-bond acceptors (Lipinski definition) is 5. The van der Waals surface area contributed by atoms with Crippen LogP contribution in [0.5, 0.6) is 5.75 Å². The summed E-state index contributed by atoms with van der Waals surface area (Å²) in [5, 5.41) is 9.71. The van der Waals surface area contributed by atoms with Gasteiger partial charge in [-0.1, -0.05) is 30.3 Å². The van der Waals surface area contributed by atoms with Crippen LogP contribution in [0.25, 0.3) is 11.1 Å². The first-order valence-electron chi connectivity index (χ1n) is 7.71. The molecule has 0 aliphatic heterocycles. The molecule has 0 saturated carbocycles. The molecule has 0 bridgehead atoms. The molecule has 1 heterocycles. The molecule has 0 saturated heterocycles. The second kappa shape index (κ2) is 7.05. The van der Waals surface area contributed by atoms with Crippen LogP contribution in [0.15, 0.2) is 70.4 Å².